The van der Waals surface area contributed by atoms with Crippen LogP contribution in [0.15, 0.2) is 11.8 Å². The molecule has 1 aliphatic carbocycles. The zero-order chi connectivity index (χ0) is 15.3. The highest BCUT2D eigenvalue weighted by atomic mass is 16.4. The average molecular weight is 282 g/mol. The molecule has 0 aromatic heterocycles. The van der Waals surface area contributed by atoms with E-state index in [1.165, 1.54) is 13.1 Å². The molecule has 1 aliphatic rings. The Hall–Kier alpha value is -1.85. The molecule has 0 unspecified atom stereocenters. The lowest BCUT2D eigenvalue weighted by Gasteiger charge is -2.27. The summed E-state index contributed by atoms with van der Waals surface area (Å²) in [6, 6.07) is -0.0528. The van der Waals surface area contributed by atoms with Gasteiger partial charge >= 0.3 is 5.97 Å². The third-order valence-electron chi connectivity index (χ3n) is 3.42. The predicted octanol–water partition coefficient (Wildman–Crippen LogP) is 0.780. The van der Waals surface area contributed by atoms with Crippen LogP contribution in [0, 0.1) is 5.92 Å². The number of nitrogens with zero attached hydrogens (tertiary/aromatic N) is 1. The van der Waals surface area contributed by atoms with Crippen LogP contribution in [0.3, 0.4) is 0 Å². The van der Waals surface area contributed by atoms with Crippen molar-refractivity contribution in [1.82, 2.24) is 10.2 Å². The maximum atomic E-state index is 12.1. The first-order chi connectivity index (χ1) is 9.31. The van der Waals surface area contributed by atoms with Gasteiger partial charge in [0.15, 0.2) is 5.78 Å². The van der Waals surface area contributed by atoms with Gasteiger partial charge in [-0.2, -0.15) is 0 Å². The van der Waals surface area contributed by atoms with Gasteiger partial charge in [-0.1, -0.05) is 0 Å². The summed E-state index contributed by atoms with van der Waals surface area (Å²) in [5, 5.41) is 11.7. The number of hydrogen-bond acceptors (Lipinski definition) is 4. The van der Waals surface area contributed by atoms with E-state index in [-0.39, 0.29) is 29.2 Å². The van der Waals surface area contributed by atoms with Crippen LogP contribution in [0.25, 0.3) is 0 Å². The molecule has 20 heavy (non-hydrogen) atoms. The Morgan fingerprint density at radius 3 is 2.10 bits per heavy atom. The molecule has 0 spiro atoms. The first kappa shape index (κ1) is 16.2. The Bertz CT molecular complexity index is 421. The second kappa shape index (κ2) is 7.07. The summed E-state index contributed by atoms with van der Waals surface area (Å²) in [6.07, 6.45) is 3.90. The van der Waals surface area contributed by atoms with Crippen molar-refractivity contribution in [3.05, 3.63) is 11.8 Å². The van der Waals surface area contributed by atoms with Crippen LogP contribution in [0.5, 0.6) is 0 Å². The second-order valence-electron chi connectivity index (χ2n) is 5.42. The molecule has 6 nitrogen and oxygen atoms in total. The SMILES string of the molecule is CC(=O)/C(=C\N(C)C)C(=O)N[C@H]1CC[C@@H](C(=O)O)CC1. The third-order valence-corrected chi connectivity index (χ3v) is 3.42. The van der Waals surface area contributed by atoms with Crippen molar-refractivity contribution in [3.63, 3.8) is 0 Å². The lowest BCUT2D eigenvalue weighted by atomic mass is 9.86. The van der Waals surface area contributed by atoms with E-state index in [4.69, 9.17) is 5.11 Å². The number of aliphatic carboxylic acids is 1. The lowest BCUT2D eigenvalue weighted by Crippen LogP contribution is -2.40. The minimum absolute atomic E-state index is 0.0528. The van der Waals surface area contributed by atoms with E-state index in [1.54, 1.807) is 19.0 Å². The molecule has 2 N–H and O–H groups in total. The molecule has 0 atom stereocenters. The van der Waals surface area contributed by atoms with Gasteiger partial charge in [-0.05, 0) is 32.6 Å². The molecule has 0 aliphatic heterocycles. The van der Waals surface area contributed by atoms with Crippen LogP contribution in [-0.4, -0.2) is 47.8 Å². The van der Waals surface area contributed by atoms with Crippen LogP contribution < -0.4 is 5.32 Å². The summed E-state index contributed by atoms with van der Waals surface area (Å²) in [7, 11) is 3.49. The van der Waals surface area contributed by atoms with Gasteiger partial charge in [-0.25, -0.2) is 0 Å². The number of carbonyl (C=O) groups excluding carboxylic acids is 2. The fourth-order valence-electron chi connectivity index (χ4n) is 2.32. The van der Waals surface area contributed by atoms with Crippen molar-refractivity contribution in [2.75, 3.05) is 14.1 Å². The molecule has 6 heteroatoms. The zero-order valence-electron chi connectivity index (χ0n) is 12.2. The molecular weight excluding hydrogens is 260 g/mol. The number of rotatable bonds is 5. The standard InChI is InChI=1S/C14H22N2O4/c1-9(17)12(8-16(2)3)13(18)15-11-6-4-10(5-7-11)14(19)20/h8,10-11H,4-7H2,1-3H3,(H,15,18)(H,19,20)/b12-8+/t10-,11+. The molecule has 0 radical (unpaired) electrons. The molecule has 1 fully saturated rings. The molecule has 0 saturated heterocycles. The van der Waals surface area contributed by atoms with Crippen molar-refractivity contribution >= 4 is 17.7 Å². The van der Waals surface area contributed by atoms with Gasteiger partial charge in [0.25, 0.3) is 5.91 Å². The average Bonchev–Trinajstić information content (AvgIpc) is 2.35. The van der Waals surface area contributed by atoms with Crippen molar-refractivity contribution < 1.29 is 19.5 Å². The van der Waals surface area contributed by atoms with Crippen LogP contribution in [-0.2, 0) is 14.4 Å². The van der Waals surface area contributed by atoms with Crippen LogP contribution in [0.1, 0.15) is 32.6 Å². The zero-order valence-corrected chi connectivity index (χ0v) is 12.2. The summed E-state index contributed by atoms with van der Waals surface area (Å²) in [5.41, 5.74) is 0.121. The van der Waals surface area contributed by atoms with Crippen molar-refractivity contribution in [1.29, 1.82) is 0 Å². The number of amides is 1. The van der Waals surface area contributed by atoms with Gasteiger partial charge in [0.1, 0.15) is 0 Å². The Balaban J connectivity index is 2.58. The molecule has 0 aromatic rings. The van der Waals surface area contributed by atoms with Gasteiger partial charge in [0.05, 0.1) is 11.5 Å². The highest BCUT2D eigenvalue weighted by Gasteiger charge is 2.27. The molecule has 1 saturated carbocycles. The number of Topliss-reactive ketones (excluding diaryl/α,β-unsaturated/α-hetero) is 1. The summed E-state index contributed by atoms with van der Waals surface area (Å²) in [6.45, 7) is 1.36. The molecule has 0 bridgehead atoms. The number of carbonyl (C=O) groups is 3. The quantitative estimate of drug-likeness (QED) is 0.442. The minimum atomic E-state index is -0.772. The van der Waals surface area contributed by atoms with Gasteiger partial charge in [0, 0.05) is 26.3 Å². The number of ketones is 1. The molecular formula is C14H22N2O4. The van der Waals surface area contributed by atoms with Gasteiger partial charge in [-0.15, -0.1) is 0 Å². The Labute approximate surface area is 118 Å². The Kier molecular flexibility index (Phi) is 5.73. The van der Waals surface area contributed by atoms with Gasteiger partial charge < -0.3 is 15.3 Å². The van der Waals surface area contributed by atoms with E-state index in [1.807, 2.05) is 0 Å². The Morgan fingerprint density at radius 1 is 1.15 bits per heavy atom. The van der Waals surface area contributed by atoms with Gasteiger partial charge in [0.2, 0.25) is 0 Å². The smallest absolute Gasteiger partial charge is 0.306 e. The predicted molar refractivity (Wildman–Crippen MR) is 74.0 cm³/mol. The molecule has 1 amide bonds. The van der Waals surface area contributed by atoms with E-state index in [2.05, 4.69) is 5.32 Å². The normalized spacial score (nSPS) is 23.1. The monoisotopic (exact) mass is 282 g/mol. The summed E-state index contributed by atoms with van der Waals surface area (Å²) >= 11 is 0. The first-order valence-corrected chi connectivity index (χ1v) is 6.74. The van der Waals surface area contributed by atoms with Crippen LogP contribution in [0.2, 0.25) is 0 Å². The summed E-state index contributed by atoms with van der Waals surface area (Å²) in [4.78, 5) is 36.0. The minimum Gasteiger partial charge on any atom is -0.481 e. The first-order valence-electron chi connectivity index (χ1n) is 6.74. The van der Waals surface area contributed by atoms with E-state index in [0.29, 0.717) is 25.7 Å². The maximum Gasteiger partial charge on any atom is 0.306 e. The van der Waals surface area contributed by atoms with E-state index >= 15 is 0 Å². The fourth-order valence-corrected chi connectivity index (χ4v) is 2.32. The van der Waals surface area contributed by atoms with Crippen LogP contribution in [0.4, 0.5) is 0 Å². The van der Waals surface area contributed by atoms with E-state index in [0.717, 1.165) is 0 Å². The van der Waals surface area contributed by atoms with Crippen molar-refractivity contribution in [3.8, 4) is 0 Å². The van der Waals surface area contributed by atoms with Crippen molar-refractivity contribution in [2.24, 2.45) is 5.92 Å². The highest BCUT2D eigenvalue weighted by molar-refractivity contribution is 6.18. The summed E-state index contributed by atoms with van der Waals surface area (Å²) < 4.78 is 0. The third kappa shape index (κ3) is 4.68. The molecule has 0 aromatic carbocycles. The largest absolute Gasteiger partial charge is 0.481 e. The number of nitrogens with one attached hydrogen (secondary N) is 1. The second-order valence-corrected chi connectivity index (χ2v) is 5.42. The lowest BCUT2D eigenvalue weighted by molar-refractivity contribution is -0.142. The Morgan fingerprint density at radius 2 is 1.70 bits per heavy atom. The molecule has 112 valence electrons. The number of hydrogen-bond donors (Lipinski definition) is 2. The van der Waals surface area contributed by atoms with E-state index in [9.17, 15) is 14.4 Å². The topological polar surface area (TPSA) is 86.7 Å². The van der Waals surface area contributed by atoms with Crippen molar-refractivity contribution in [2.45, 2.75) is 38.6 Å². The summed E-state index contributed by atoms with van der Waals surface area (Å²) in [5.74, 6) is -1.75. The number of carboxylic acids is 1. The molecule has 0 heterocycles. The molecule has 1 rings (SSSR count). The fraction of sp³-hybridized carbons (Fsp3) is 0.643. The van der Waals surface area contributed by atoms with Gasteiger partial charge in [-0.3, -0.25) is 14.4 Å². The highest BCUT2D eigenvalue weighted by Crippen LogP contribution is 2.24. The number of carboxylic acid groups (broad SMARTS) is 1. The van der Waals surface area contributed by atoms with Crippen LogP contribution >= 0.6 is 0 Å². The van der Waals surface area contributed by atoms with E-state index < -0.39 is 5.97 Å². The maximum absolute atomic E-state index is 12.1.